The fourth-order valence-electron chi connectivity index (χ4n) is 1.21. The van der Waals surface area contributed by atoms with Crippen LogP contribution in [0.2, 0.25) is 5.02 Å². The van der Waals surface area contributed by atoms with Crippen molar-refractivity contribution < 1.29 is 4.79 Å². The van der Waals surface area contributed by atoms with Gasteiger partial charge >= 0.3 is 0 Å². The highest BCUT2D eigenvalue weighted by Crippen LogP contribution is 2.26. The average Bonchev–Trinajstić information content (AvgIpc) is 2.68. The van der Waals surface area contributed by atoms with Gasteiger partial charge in [0.1, 0.15) is 4.88 Å². The number of nitrogens with one attached hydrogen (secondary N) is 1. The van der Waals surface area contributed by atoms with Crippen molar-refractivity contribution in [1.29, 1.82) is 0 Å². The van der Waals surface area contributed by atoms with Crippen LogP contribution in [0.4, 0.5) is 5.69 Å². The Bertz CT molecular complexity index is 572. The zero-order valence-electron chi connectivity index (χ0n) is 8.70. The molecule has 0 aliphatic carbocycles. The third-order valence-corrected chi connectivity index (χ3v) is 3.75. The minimum atomic E-state index is -0.222. The Morgan fingerprint density at radius 1 is 1.53 bits per heavy atom. The molecule has 0 saturated heterocycles. The Labute approximate surface area is 115 Å². The van der Waals surface area contributed by atoms with Gasteiger partial charge in [-0.25, -0.2) is 0 Å². The molecule has 88 valence electrons. The molecule has 0 radical (unpaired) electrons. The molecule has 2 rings (SSSR count). The SMILES string of the molecule is Cc1nnsc1C(=O)Nc1ccc(Cl)cc1Br. The van der Waals surface area contributed by atoms with E-state index in [9.17, 15) is 4.79 Å². The topological polar surface area (TPSA) is 54.9 Å². The largest absolute Gasteiger partial charge is 0.320 e. The second kappa shape index (κ2) is 5.12. The molecule has 0 saturated carbocycles. The van der Waals surface area contributed by atoms with Crippen LogP contribution in [0, 0.1) is 6.92 Å². The predicted octanol–water partition coefficient (Wildman–Crippen LogP) is 3.51. The molecule has 0 spiro atoms. The van der Waals surface area contributed by atoms with Crippen LogP contribution in [0.3, 0.4) is 0 Å². The fraction of sp³-hybridized carbons (Fsp3) is 0.100. The molecule has 0 aliphatic heterocycles. The van der Waals surface area contributed by atoms with Crippen LogP contribution in [0.1, 0.15) is 15.4 Å². The number of rotatable bonds is 2. The van der Waals surface area contributed by atoms with E-state index in [0.717, 1.165) is 16.0 Å². The van der Waals surface area contributed by atoms with Crippen molar-refractivity contribution in [1.82, 2.24) is 9.59 Å². The summed E-state index contributed by atoms with van der Waals surface area (Å²) < 4.78 is 4.45. The number of amides is 1. The Morgan fingerprint density at radius 2 is 2.29 bits per heavy atom. The first-order valence-corrected chi connectivity index (χ1v) is 6.57. The second-order valence-electron chi connectivity index (χ2n) is 3.27. The van der Waals surface area contributed by atoms with E-state index < -0.39 is 0 Å². The Hall–Kier alpha value is -0.980. The fourth-order valence-corrected chi connectivity index (χ4v) is 2.54. The highest BCUT2D eigenvalue weighted by atomic mass is 79.9. The van der Waals surface area contributed by atoms with Crippen LogP contribution in [0.25, 0.3) is 0 Å². The van der Waals surface area contributed by atoms with E-state index in [1.54, 1.807) is 25.1 Å². The molecule has 1 aromatic heterocycles. The maximum absolute atomic E-state index is 11.9. The van der Waals surface area contributed by atoms with Gasteiger partial charge in [0, 0.05) is 9.50 Å². The molecular formula is C10H7BrClN3OS. The van der Waals surface area contributed by atoms with Crippen LogP contribution >= 0.6 is 39.1 Å². The van der Waals surface area contributed by atoms with E-state index in [1.165, 1.54) is 0 Å². The average molecular weight is 333 g/mol. The number of aryl methyl sites for hydroxylation is 1. The lowest BCUT2D eigenvalue weighted by atomic mass is 10.3. The molecule has 2 aromatic rings. The predicted molar refractivity (Wildman–Crippen MR) is 71.8 cm³/mol. The lowest BCUT2D eigenvalue weighted by Gasteiger charge is -2.06. The van der Waals surface area contributed by atoms with Crippen molar-refractivity contribution in [2.24, 2.45) is 0 Å². The van der Waals surface area contributed by atoms with E-state index in [4.69, 9.17) is 11.6 Å². The van der Waals surface area contributed by atoms with Gasteiger partial charge in [0.15, 0.2) is 0 Å². The number of halogens is 2. The minimum absolute atomic E-state index is 0.222. The highest BCUT2D eigenvalue weighted by Gasteiger charge is 2.14. The summed E-state index contributed by atoms with van der Waals surface area (Å²) in [6.45, 7) is 1.75. The first-order chi connectivity index (χ1) is 8.08. The van der Waals surface area contributed by atoms with E-state index in [2.05, 4.69) is 30.8 Å². The number of hydrogen-bond donors (Lipinski definition) is 1. The molecular weight excluding hydrogens is 326 g/mol. The van der Waals surface area contributed by atoms with Crippen molar-refractivity contribution in [3.05, 3.63) is 38.3 Å². The number of benzene rings is 1. The van der Waals surface area contributed by atoms with Gasteiger partial charge in [-0.1, -0.05) is 16.1 Å². The number of anilines is 1. The number of nitrogens with zero attached hydrogens (tertiary/aromatic N) is 2. The second-order valence-corrected chi connectivity index (χ2v) is 5.31. The molecule has 1 N–H and O–H groups in total. The van der Waals surface area contributed by atoms with E-state index in [1.807, 2.05) is 0 Å². The first-order valence-electron chi connectivity index (χ1n) is 4.63. The van der Waals surface area contributed by atoms with Gasteiger partial charge in [-0.05, 0) is 52.6 Å². The van der Waals surface area contributed by atoms with Gasteiger partial charge in [0.25, 0.3) is 5.91 Å². The molecule has 1 heterocycles. The molecule has 0 aliphatic rings. The van der Waals surface area contributed by atoms with E-state index >= 15 is 0 Å². The summed E-state index contributed by atoms with van der Waals surface area (Å²) in [5.74, 6) is -0.222. The standard InChI is InChI=1S/C10H7BrClN3OS/c1-5-9(17-15-14-5)10(16)13-8-3-2-6(12)4-7(8)11/h2-4H,1H3,(H,13,16). The van der Waals surface area contributed by atoms with Crippen LogP contribution in [0.15, 0.2) is 22.7 Å². The van der Waals surface area contributed by atoms with Crippen molar-refractivity contribution in [3.8, 4) is 0 Å². The lowest BCUT2D eigenvalue weighted by Crippen LogP contribution is -2.11. The first kappa shape index (κ1) is 12.5. The zero-order chi connectivity index (χ0) is 12.4. The number of aromatic nitrogens is 2. The summed E-state index contributed by atoms with van der Waals surface area (Å²) in [5, 5.41) is 7.16. The van der Waals surface area contributed by atoms with Crippen LogP contribution in [-0.4, -0.2) is 15.5 Å². The molecule has 1 amide bonds. The van der Waals surface area contributed by atoms with Crippen LogP contribution in [0.5, 0.6) is 0 Å². The number of carbonyl (C=O) groups excluding carboxylic acids is 1. The normalized spacial score (nSPS) is 10.3. The van der Waals surface area contributed by atoms with Crippen molar-refractivity contribution in [2.75, 3.05) is 5.32 Å². The molecule has 4 nitrogen and oxygen atoms in total. The summed E-state index contributed by atoms with van der Waals surface area (Å²) in [5.41, 5.74) is 1.28. The summed E-state index contributed by atoms with van der Waals surface area (Å²) in [7, 11) is 0. The third kappa shape index (κ3) is 2.83. The third-order valence-electron chi connectivity index (χ3n) is 2.04. The minimum Gasteiger partial charge on any atom is -0.320 e. The molecule has 17 heavy (non-hydrogen) atoms. The summed E-state index contributed by atoms with van der Waals surface area (Å²) in [6, 6.07) is 5.16. The maximum Gasteiger partial charge on any atom is 0.269 e. The Balaban J connectivity index is 2.22. The zero-order valence-corrected chi connectivity index (χ0v) is 11.9. The molecule has 7 heteroatoms. The molecule has 1 aromatic carbocycles. The monoisotopic (exact) mass is 331 g/mol. The molecule has 0 fully saturated rings. The maximum atomic E-state index is 11.9. The van der Waals surface area contributed by atoms with Gasteiger partial charge < -0.3 is 5.32 Å². The molecule has 0 atom stereocenters. The van der Waals surface area contributed by atoms with Crippen LogP contribution in [-0.2, 0) is 0 Å². The lowest BCUT2D eigenvalue weighted by molar-refractivity contribution is 0.102. The summed E-state index contributed by atoms with van der Waals surface area (Å²) in [6.07, 6.45) is 0. The highest BCUT2D eigenvalue weighted by molar-refractivity contribution is 9.10. The van der Waals surface area contributed by atoms with Gasteiger partial charge in [-0.2, -0.15) is 0 Å². The van der Waals surface area contributed by atoms with E-state index in [-0.39, 0.29) is 5.91 Å². The van der Waals surface area contributed by atoms with Gasteiger partial charge in [-0.15, -0.1) is 5.10 Å². The Kier molecular flexibility index (Phi) is 3.76. The van der Waals surface area contributed by atoms with Crippen molar-refractivity contribution in [2.45, 2.75) is 6.92 Å². The number of carbonyl (C=O) groups is 1. The van der Waals surface area contributed by atoms with Crippen molar-refractivity contribution in [3.63, 3.8) is 0 Å². The van der Waals surface area contributed by atoms with Gasteiger partial charge in [0.2, 0.25) is 0 Å². The Morgan fingerprint density at radius 3 is 2.88 bits per heavy atom. The van der Waals surface area contributed by atoms with Crippen LogP contribution < -0.4 is 5.32 Å². The molecule has 0 unspecified atom stereocenters. The van der Waals surface area contributed by atoms with E-state index in [0.29, 0.717) is 21.3 Å². The quantitative estimate of drug-likeness (QED) is 0.915. The van der Waals surface area contributed by atoms with Gasteiger partial charge in [0.05, 0.1) is 11.4 Å². The number of hydrogen-bond acceptors (Lipinski definition) is 4. The van der Waals surface area contributed by atoms with Gasteiger partial charge in [-0.3, -0.25) is 4.79 Å². The van der Waals surface area contributed by atoms with Crippen molar-refractivity contribution >= 4 is 50.7 Å². The molecule has 0 bridgehead atoms. The summed E-state index contributed by atoms with van der Waals surface area (Å²) >= 11 is 10.2. The smallest absolute Gasteiger partial charge is 0.269 e. The summed E-state index contributed by atoms with van der Waals surface area (Å²) in [4.78, 5) is 12.4.